The second-order valence-corrected chi connectivity index (χ2v) is 9.80. The quantitative estimate of drug-likeness (QED) is 0.130. The molecule has 0 aliphatic rings. The summed E-state index contributed by atoms with van der Waals surface area (Å²) in [5.74, 6) is -5.96. The standard InChI is InChI=1S/C26H36N6O8/c1-13(2)22(32-23(36)16(27)7-10-21(34)35)25(38)31-19(11-14-12-29-17-6-4-3-5-15(14)17)24(37)30-18(26(39)40)8-9-20(28)33/h3-6,12-13,16,18-19,22,29H,7-11,27H2,1-2H3,(H2,28,33)(H,30,37)(H,31,38)(H,32,36)(H,34,35)(H,39,40). The maximum atomic E-state index is 13.3. The van der Waals surface area contributed by atoms with Crippen molar-refractivity contribution >= 4 is 46.5 Å². The predicted molar refractivity (Wildman–Crippen MR) is 144 cm³/mol. The van der Waals surface area contributed by atoms with Crippen molar-refractivity contribution in [2.75, 3.05) is 0 Å². The summed E-state index contributed by atoms with van der Waals surface area (Å²) in [5.41, 5.74) is 12.4. The fourth-order valence-corrected chi connectivity index (χ4v) is 4.01. The lowest BCUT2D eigenvalue weighted by atomic mass is 9.99. The average molecular weight is 561 g/mol. The highest BCUT2D eigenvalue weighted by Gasteiger charge is 2.32. The molecule has 0 bridgehead atoms. The Kier molecular flexibility index (Phi) is 11.6. The number of H-pyrrole nitrogens is 1. The summed E-state index contributed by atoms with van der Waals surface area (Å²) in [6.45, 7) is 3.32. The van der Waals surface area contributed by atoms with Crippen molar-refractivity contribution in [2.24, 2.45) is 17.4 Å². The monoisotopic (exact) mass is 560 g/mol. The van der Waals surface area contributed by atoms with Crippen molar-refractivity contribution in [3.05, 3.63) is 36.0 Å². The summed E-state index contributed by atoms with van der Waals surface area (Å²) in [6.07, 6.45) is 0.646. The van der Waals surface area contributed by atoms with Gasteiger partial charge in [-0.1, -0.05) is 32.0 Å². The highest BCUT2D eigenvalue weighted by molar-refractivity contribution is 5.95. The van der Waals surface area contributed by atoms with Crippen molar-refractivity contribution in [1.29, 1.82) is 0 Å². The highest BCUT2D eigenvalue weighted by atomic mass is 16.4. The minimum atomic E-state index is -1.43. The Morgan fingerprint density at radius 2 is 1.52 bits per heavy atom. The van der Waals surface area contributed by atoms with Crippen LogP contribution in [-0.4, -0.2) is 74.9 Å². The molecule has 0 saturated carbocycles. The minimum Gasteiger partial charge on any atom is -0.481 e. The summed E-state index contributed by atoms with van der Waals surface area (Å²) in [5, 5.41) is 26.6. The normalized spacial score (nSPS) is 14.1. The van der Waals surface area contributed by atoms with E-state index in [4.69, 9.17) is 16.6 Å². The number of rotatable bonds is 16. The number of benzene rings is 1. The third kappa shape index (κ3) is 9.38. The Morgan fingerprint density at radius 1 is 0.875 bits per heavy atom. The van der Waals surface area contributed by atoms with Crippen LogP contribution in [0.25, 0.3) is 10.9 Å². The third-order valence-corrected chi connectivity index (χ3v) is 6.28. The molecule has 4 amide bonds. The van der Waals surface area contributed by atoms with Crippen LogP contribution in [0.3, 0.4) is 0 Å². The summed E-state index contributed by atoms with van der Waals surface area (Å²) in [7, 11) is 0. The maximum Gasteiger partial charge on any atom is 0.326 e. The summed E-state index contributed by atoms with van der Waals surface area (Å²) in [4.78, 5) is 75.9. The molecule has 1 aromatic carbocycles. The zero-order valence-electron chi connectivity index (χ0n) is 22.3. The van der Waals surface area contributed by atoms with E-state index >= 15 is 0 Å². The molecule has 14 heteroatoms. The molecule has 0 radical (unpaired) electrons. The first-order chi connectivity index (χ1) is 18.8. The summed E-state index contributed by atoms with van der Waals surface area (Å²) in [6, 6.07) is 2.27. The number of carbonyl (C=O) groups is 6. The number of carboxylic acids is 2. The number of nitrogens with one attached hydrogen (secondary N) is 4. The van der Waals surface area contributed by atoms with Crippen LogP contribution in [0, 0.1) is 5.92 Å². The predicted octanol–water partition coefficient (Wildman–Crippen LogP) is -0.637. The van der Waals surface area contributed by atoms with Gasteiger partial charge in [-0.05, 0) is 30.4 Å². The van der Waals surface area contributed by atoms with Crippen LogP contribution in [0.2, 0.25) is 0 Å². The van der Waals surface area contributed by atoms with E-state index in [-0.39, 0.29) is 32.1 Å². The second kappa shape index (κ2) is 14.6. The van der Waals surface area contributed by atoms with Crippen molar-refractivity contribution in [1.82, 2.24) is 20.9 Å². The molecule has 0 aliphatic carbocycles. The van der Waals surface area contributed by atoms with E-state index < -0.39 is 65.7 Å². The van der Waals surface area contributed by atoms with Gasteiger partial charge in [-0.25, -0.2) is 4.79 Å². The molecule has 1 aromatic heterocycles. The van der Waals surface area contributed by atoms with E-state index in [0.29, 0.717) is 5.56 Å². The van der Waals surface area contributed by atoms with Crippen LogP contribution in [0.15, 0.2) is 30.5 Å². The topological polar surface area (TPSA) is 247 Å². The molecule has 218 valence electrons. The molecule has 0 fully saturated rings. The van der Waals surface area contributed by atoms with Crippen LogP contribution in [0.1, 0.15) is 45.1 Å². The minimum absolute atomic E-state index is 0.0272. The number of para-hydroxylation sites is 1. The zero-order chi connectivity index (χ0) is 30.0. The molecule has 0 saturated heterocycles. The number of carboxylic acid groups (broad SMARTS) is 2. The lowest BCUT2D eigenvalue weighted by molar-refractivity contribution is -0.142. The molecule has 10 N–H and O–H groups in total. The van der Waals surface area contributed by atoms with Gasteiger partial charge < -0.3 is 42.6 Å². The SMILES string of the molecule is CC(C)C(NC(=O)C(N)CCC(=O)O)C(=O)NC(Cc1c[nH]c2ccccc12)C(=O)NC(CCC(N)=O)C(=O)O. The van der Waals surface area contributed by atoms with Gasteiger partial charge >= 0.3 is 11.9 Å². The van der Waals surface area contributed by atoms with E-state index in [2.05, 4.69) is 20.9 Å². The molecule has 40 heavy (non-hydrogen) atoms. The second-order valence-electron chi connectivity index (χ2n) is 9.80. The van der Waals surface area contributed by atoms with Crippen molar-refractivity contribution in [3.63, 3.8) is 0 Å². The Labute approximate surface area is 230 Å². The number of primary amides is 1. The van der Waals surface area contributed by atoms with Crippen LogP contribution >= 0.6 is 0 Å². The number of fused-ring (bicyclic) bond motifs is 1. The largest absolute Gasteiger partial charge is 0.481 e. The molecule has 0 spiro atoms. The Hall–Kier alpha value is -4.46. The lowest BCUT2D eigenvalue weighted by Gasteiger charge is -2.27. The van der Waals surface area contributed by atoms with Crippen LogP contribution in [0.4, 0.5) is 0 Å². The third-order valence-electron chi connectivity index (χ3n) is 6.28. The molecule has 14 nitrogen and oxygen atoms in total. The smallest absolute Gasteiger partial charge is 0.326 e. The first-order valence-electron chi connectivity index (χ1n) is 12.7. The summed E-state index contributed by atoms with van der Waals surface area (Å²) < 4.78 is 0. The Morgan fingerprint density at radius 3 is 2.12 bits per heavy atom. The van der Waals surface area contributed by atoms with Crippen LogP contribution < -0.4 is 27.4 Å². The van der Waals surface area contributed by atoms with E-state index in [1.165, 1.54) is 0 Å². The van der Waals surface area contributed by atoms with Crippen LogP contribution in [-0.2, 0) is 35.2 Å². The van der Waals surface area contributed by atoms with Gasteiger partial charge in [0.15, 0.2) is 0 Å². The molecular weight excluding hydrogens is 524 g/mol. The number of nitrogens with two attached hydrogens (primary N) is 2. The number of aromatic nitrogens is 1. The van der Waals surface area contributed by atoms with E-state index in [0.717, 1.165) is 10.9 Å². The van der Waals surface area contributed by atoms with Gasteiger partial charge in [0.2, 0.25) is 23.6 Å². The maximum absolute atomic E-state index is 13.3. The number of aromatic amines is 1. The number of carbonyl (C=O) groups excluding carboxylic acids is 4. The van der Waals surface area contributed by atoms with E-state index in [1.807, 2.05) is 18.2 Å². The van der Waals surface area contributed by atoms with Gasteiger partial charge in [0.25, 0.3) is 0 Å². The van der Waals surface area contributed by atoms with Gasteiger partial charge in [-0.3, -0.25) is 24.0 Å². The number of hydrogen-bond acceptors (Lipinski definition) is 7. The Balaban J connectivity index is 2.28. The summed E-state index contributed by atoms with van der Waals surface area (Å²) >= 11 is 0. The van der Waals surface area contributed by atoms with Crippen molar-refractivity contribution in [2.45, 2.75) is 70.1 Å². The first-order valence-corrected chi connectivity index (χ1v) is 12.7. The first kappa shape index (κ1) is 31.8. The fourth-order valence-electron chi connectivity index (χ4n) is 4.01. The molecular formula is C26H36N6O8. The zero-order valence-corrected chi connectivity index (χ0v) is 22.3. The molecule has 4 atom stereocenters. The van der Waals surface area contributed by atoms with Gasteiger partial charge in [0.1, 0.15) is 18.1 Å². The van der Waals surface area contributed by atoms with Gasteiger partial charge in [0, 0.05) is 36.4 Å². The van der Waals surface area contributed by atoms with Crippen molar-refractivity contribution < 1.29 is 39.0 Å². The highest BCUT2D eigenvalue weighted by Crippen LogP contribution is 2.19. The lowest BCUT2D eigenvalue weighted by Crippen LogP contribution is -2.58. The molecule has 1 heterocycles. The number of aliphatic carboxylic acids is 2. The fraction of sp³-hybridized carbons (Fsp3) is 0.462. The van der Waals surface area contributed by atoms with E-state index in [9.17, 15) is 33.9 Å². The van der Waals surface area contributed by atoms with Gasteiger partial charge in [-0.2, -0.15) is 0 Å². The van der Waals surface area contributed by atoms with E-state index in [1.54, 1.807) is 26.1 Å². The molecule has 4 unspecified atom stereocenters. The van der Waals surface area contributed by atoms with Gasteiger partial charge in [-0.15, -0.1) is 0 Å². The Bertz CT molecular complexity index is 1240. The number of amides is 4. The van der Waals surface area contributed by atoms with Gasteiger partial charge in [0.05, 0.1) is 6.04 Å². The van der Waals surface area contributed by atoms with Crippen molar-refractivity contribution in [3.8, 4) is 0 Å². The molecule has 2 aromatic rings. The van der Waals surface area contributed by atoms with Crippen LogP contribution in [0.5, 0.6) is 0 Å². The molecule has 0 aliphatic heterocycles. The average Bonchev–Trinajstić information content (AvgIpc) is 3.29. The number of hydrogen-bond donors (Lipinski definition) is 8. The molecule has 2 rings (SSSR count).